The molecule has 2 aromatic carbocycles. The lowest BCUT2D eigenvalue weighted by Gasteiger charge is -2.08. The summed E-state index contributed by atoms with van der Waals surface area (Å²) in [6.45, 7) is 0.414. The van der Waals surface area contributed by atoms with Gasteiger partial charge in [0.1, 0.15) is 5.84 Å². The van der Waals surface area contributed by atoms with Gasteiger partial charge in [-0.05, 0) is 17.7 Å². The number of nitrogens with two attached hydrogens (primary N) is 1. The molecule has 0 unspecified atom stereocenters. The number of para-hydroxylation sites is 1. The van der Waals surface area contributed by atoms with E-state index in [2.05, 4.69) is 10.6 Å². The molecule has 20 heavy (non-hydrogen) atoms. The van der Waals surface area contributed by atoms with Gasteiger partial charge in [0.2, 0.25) is 0 Å². The Balaban J connectivity index is 1.85. The Hall–Kier alpha value is -2.82. The zero-order chi connectivity index (χ0) is 14.4. The number of rotatable bonds is 4. The standard InChI is InChI=1S/C15H16N4O/c16-14(17)12-8-6-11(7-9-12)10-18-15(20)19-13-4-2-1-3-5-13/h1-9H,10H2,(H3,16,17)(H2,18,19,20). The van der Waals surface area contributed by atoms with Gasteiger partial charge in [0.05, 0.1) is 0 Å². The summed E-state index contributed by atoms with van der Waals surface area (Å²) in [6, 6.07) is 16.2. The first-order valence-corrected chi connectivity index (χ1v) is 6.18. The van der Waals surface area contributed by atoms with Gasteiger partial charge in [0.15, 0.2) is 0 Å². The zero-order valence-corrected chi connectivity index (χ0v) is 10.9. The molecule has 0 aliphatic heterocycles. The molecule has 0 aliphatic rings. The predicted octanol–water partition coefficient (Wildman–Crippen LogP) is 2.29. The van der Waals surface area contributed by atoms with Gasteiger partial charge in [-0.15, -0.1) is 0 Å². The maximum absolute atomic E-state index is 11.7. The van der Waals surface area contributed by atoms with Gasteiger partial charge in [-0.3, -0.25) is 5.41 Å². The van der Waals surface area contributed by atoms with Gasteiger partial charge >= 0.3 is 6.03 Å². The number of carbonyl (C=O) groups is 1. The number of urea groups is 1. The molecule has 0 radical (unpaired) electrons. The fraction of sp³-hybridized carbons (Fsp3) is 0.0667. The number of amides is 2. The number of nitrogens with one attached hydrogen (secondary N) is 3. The van der Waals surface area contributed by atoms with E-state index in [4.69, 9.17) is 11.1 Å². The zero-order valence-electron chi connectivity index (χ0n) is 10.9. The Kier molecular flexibility index (Phi) is 4.34. The van der Waals surface area contributed by atoms with E-state index in [0.29, 0.717) is 12.1 Å². The number of anilines is 1. The quantitative estimate of drug-likeness (QED) is 0.506. The molecule has 2 aromatic rings. The van der Waals surface area contributed by atoms with Crippen LogP contribution in [0.4, 0.5) is 10.5 Å². The summed E-state index contributed by atoms with van der Waals surface area (Å²) in [7, 11) is 0. The Bertz CT molecular complexity index is 593. The van der Waals surface area contributed by atoms with Crippen LogP contribution in [0.15, 0.2) is 54.6 Å². The van der Waals surface area contributed by atoms with Crippen molar-refractivity contribution in [3.8, 4) is 0 Å². The summed E-state index contributed by atoms with van der Waals surface area (Å²) in [5, 5.41) is 12.8. The SMILES string of the molecule is N=C(N)c1ccc(CNC(=O)Nc2ccccc2)cc1. The minimum absolute atomic E-state index is 0.0336. The van der Waals surface area contributed by atoms with Crippen LogP contribution in [-0.2, 0) is 6.54 Å². The molecule has 0 heterocycles. The molecule has 5 N–H and O–H groups in total. The van der Waals surface area contributed by atoms with E-state index in [9.17, 15) is 4.79 Å². The molecular weight excluding hydrogens is 252 g/mol. The number of benzene rings is 2. The van der Waals surface area contributed by atoms with Crippen molar-refractivity contribution in [2.75, 3.05) is 5.32 Å². The molecule has 0 saturated heterocycles. The van der Waals surface area contributed by atoms with Crippen LogP contribution in [0.25, 0.3) is 0 Å². The minimum atomic E-state index is -0.258. The molecule has 102 valence electrons. The first-order valence-electron chi connectivity index (χ1n) is 6.18. The number of hydrogen-bond acceptors (Lipinski definition) is 2. The highest BCUT2D eigenvalue weighted by Gasteiger charge is 2.02. The van der Waals surface area contributed by atoms with Crippen LogP contribution in [0, 0.1) is 5.41 Å². The van der Waals surface area contributed by atoms with Crippen LogP contribution in [-0.4, -0.2) is 11.9 Å². The van der Waals surface area contributed by atoms with Crippen LogP contribution < -0.4 is 16.4 Å². The second kappa shape index (κ2) is 6.38. The van der Waals surface area contributed by atoms with Crippen molar-refractivity contribution in [3.05, 3.63) is 65.7 Å². The molecule has 0 aliphatic carbocycles. The number of carbonyl (C=O) groups excluding carboxylic acids is 1. The highest BCUT2D eigenvalue weighted by molar-refractivity contribution is 5.94. The third kappa shape index (κ3) is 3.84. The third-order valence-electron chi connectivity index (χ3n) is 2.75. The Morgan fingerprint density at radius 1 is 1.05 bits per heavy atom. The van der Waals surface area contributed by atoms with E-state index >= 15 is 0 Å². The molecule has 0 saturated carbocycles. The molecule has 2 rings (SSSR count). The average molecular weight is 268 g/mol. The fourth-order valence-corrected chi connectivity index (χ4v) is 1.68. The van der Waals surface area contributed by atoms with Gasteiger partial charge < -0.3 is 16.4 Å². The first-order chi connectivity index (χ1) is 9.65. The maximum Gasteiger partial charge on any atom is 0.319 e. The van der Waals surface area contributed by atoms with Crippen molar-refractivity contribution in [2.24, 2.45) is 5.73 Å². The highest BCUT2D eigenvalue weighted by atomic mass is 16.2. The summed E-state index contributed by atoms with van der Waals surface area (Å²) < 4.78 is 0. The molecule has 0 atom stereocenters. The van der Waals surface area contributed by atoms with E-state index < -0.39 is 0 Å². The lowest BCUT2D eigenvalue weighted by Crippen LogP contribution is -2.28. The van der Waals surface area contributed by atoms with Crippen molar-refractivity contribution in [2.45, 2.75) is 6.54 Å². The topological polar surface area (TPSA) is 91.0 Å². The van der Waals surface area contributed by atoms with Crippen LogP contribution in [0.3, 0.4) is 0 Å². The Morgan fingerprint density at radius 3 is 2.30 bits per heavy atom. The highest BCUT2D eigenvalue weighted by Crippen LogP contribution is 2.06. The summed E-state index contributed by atoms with van der Waals surface area (Å²) in [6.07, 6.45) is 0. The average Bonchev–Trinajstić information content (AvgIpc) is 2.46. The number of nitrogen functional groups attached to an aromatic ring is 1. The normalized spacial score (nSPS) is 9.80. The second-order valence-electron chi connectivity index (χ2n) is 4.28. The van der Waals surface area contributed by atoms with Gasteiger partial charge in [-0.2, -0.15) is 0 Å². The van der Waals surface area contributed by atoms with Gasteiger partial charge in [0, 0.05) is 17.8 Å². The summed E-state index contributed by atoms with van der Waals surface area (Å²) in [5.41, 5.74) is 7.73. The van der Waals surface area contributed by atoms with Gasteiger partial charge in [0.25, 0.3) is 0 Å². The smallest absolute Gasteiger partial charge is 0.319 e. The maximum atomic E-state index is 11.7. The van der Waals surface area contributed by atoms with E-state index in [0.717, 1.165) is 11.3 Å². The summed E-state index contributed by atoms with van der Waals surface area (Å²) in [5.74, 6) is 0.0336. The Morgan fingerprint density at radius 2 is 1.70 bits per heavy atom. The van der Waals surface area contributed by atoms with Crippen molar-refractivity contribution in [3.63, 3.8) is 0 Å². The molecule has 5 heteroatoms. The van der Waals surface area contributed by atoms with Crippen LogP contribution in [0.1, 0.15) is 11.1 Å². The first kappa shape index (κ1) is 13.6. The van der Waals surface area contributed by atoms with Crippen molar-refractivity contribution in [1.29, 1.82) is 5.41 Å². The minimum Gasteiger partial charge on any atom is -0.384 e. The van der Waals surface area contributed by atoms with E-state index in [1.165, 1.54) is 0 Å². The molecule has 0 aromatic heterocycles. The van der Waals surface area contributed by atoms with Gasteiger partial charge in [-0.1, -0.05) is 42.5 Å². The molecule has 0 spiro atoms. The Labute approximate surface area is 117 Å². The lowest BCUT2D eigenvalue weighted by molar-refractivity contribution is 0.251. The number of amidine groups is 1. The van der Waals surface area contributed by atoms with Gasteiger partial charge in [-0.25, -0.2) is 4.79 Å². The molecular formula is C15H16N4O. The molecule has 5 nitrogen and oxygen atoms in total. The van der Waals surface area contributed by atoms with Crippen molar-refractivity contribution < 1.29 is 4.79 Å². The van der Waals surface area contributed by atoms with Crippen molar-refractivity contribution in [1.82, 2.24) is 5.32 Å². The van der Waals surface area contributed by atoms with E-state index in [1.54, 1.807) is 12.1 Å². The van der Waals surface area contributed by atoms with Crippen LogP contribution >= 0.6 is 0 Å². The fourth-order valence-electron chi connectivity index (χ4n) is 1.68. The van der Waals surface area contributed by atoms with E-state index in [-0.39, 0.29) is 11.9 Å². The molecule has 0 fully saturated rings. The third-order valence-corrected chi connectivity index (χ3v) is 2.75. The monoisotopic (exact) mass is 268 g/mol. The summed E-state index contributed by atoms with van der Waals surface area (Å²) >= 11 is 0. The van der Waals surface area contributed by atoms with E-state index in [1.807, 2.05) is 42.5 Å². The molecule has 2 amide bonds. The van der Waals surface area contributed by atoms with Crippen molar-refractivity contribution >= 4 is 17.6 Å². The number of hydrogen-bond donors (Lipinski definition) is 4. The molecule has 0 bridgehead atoms. The summed E-state index contributed by atoms with van der Waals surface area (Å²) in [4.78, 5) is 11.7. The van der Waals surface area contributed by atoms with Crippen LogP contribution in [0.5, 0.6) is 0 Å². The largest absolute Gasteiger partial charge is 0.384 e. The van der Waals surface area contributed by atoms with Crippen LogP contribution in [0.2, 0.25) is 0 Å². The lowest BCUT2D eigenvalue weighted by atomic mass is 10.1. The predicted molar refractivity (Wildman–Crippen MR) is 79.8 cm³/mol. The second-order valence-corrected chi connectivity index (χ2v) is 4.28.